The lowest BCUT2D eigenvalue weighted by Gasteiger charge is -2.43. The largest absolute Gasteiger partial charge is 0.497 e. The number of rotatable bonds is 6. The molecule has 3 rings (SSSR count). The number of anilines is 1. The molecule has 3 N–H and O–H groups in total. The number of hydrogen-bond donors (Lipinski definition) is 3. The first-order chi connectivity index (χ1) is 12.6. The van der Waals surface area contributed by atoms with Gasteiger partial charge in [0.15, 0.2) is 6.29 Å². The van der Waals surface area contributed by atoms with Crippen molar-refractivity contribution in [1.82, 2.24) is 10.2 Å². The summed E-state index contributed by atoms with van der Waals surface area (Å²) in [5.41, 5.74) is 0.605. The average Bonchev–Trinajstić information content (AvgIpc) is 3.08. The van der Waals surface area contributed by atoms with Crippen molar-refractivity contribution in [1.29, 1.82) is 0 Å². The number of aliphatic hydroxyl groups is 1. The molecule has 0 unspecified atom stereocenters. The highest BCUT2D eigenvalue weighted by Crippen LogP contribution is 2.31. The summed E-state index contributed by atoms with van der Waals surface area (Å²) in [7, 11) is 1.57. The van der Waals surface area contributed by atoms with E-state index in [2.05, 4.69) is 15.5 Å². The number of carbonyl (C=O) groups is 1. The summed E-state index contributed by atoms with van der Waals surface area (Å²) >= 11 is 0. The predicted octanol–water partition coefficient (Wildman–Crippen LogP) is 1.01. The van der Waals surface area contributed by atoms with E-state index in [1.54, 1.807) is 31.4 Å². The zero-order chi connectivity index (χ0) is 18.7. The summed E-state index contributed by atoms with van der Waals surface area (Å²) in [4.78, 5) is 14.5. The van der Waals surface area contributed by atoms with E-state index in [0.29, 0.717) is 18.0 Å². The van der Waals surface area contributed by atoms with Crippen LogP contribution in [-0.2, 0) is 9.47 Å². The molecule has 2 aliphatic heterocycles. The van der Waals surface area contributed by atoms with E-state index in [9.17, 15) is 9.90 Å². The Morgan fingerprint density at radius 3 is 2.85 bits per heavy atom. The zero-order valence-electron chi connectivity index (χ0n) is 15.3. The molecule has 0 aliphatic carbocycles. The molecule has 5 atom stereocenters. The molecule has 2 heterocycles. The first-order valence-electron chi connectivity index (χ1n) is 8.98. The van der Waals surface area contributed by atoms with Crippen molar-refractivity contribution in [2.45, 2.75) is 44.4 Å². The van der Waals surface area contributed by atoms with E-state index in [-0.39, 0.29) is 12.1 Å². The molecule has 1 aromatic rings. The molecule has 8 nitrogen and oxygen atoms in total. The van der Waals surface area contributed by atoms with Gasteiger partial charge in [-0.1, -0.05) is 19.9 Å². The minimum atomic E-state index is -0.780. The molecule has 0 aromatic heterocycles. The van der Waals surface area contributed by atoms with Crippen molar-refractivity contribution in [3.8, 4) is 5.75 Å². The number of carbonyl (C=O) groups excluding carboxylic acids is 1. The third-order valence-corrected chi connectivity index (χ3v) is 4.99. The molecule has 26 heavy (non-hydrogen) atoms. The van der Waals surface area contributed by atoms with E-state index in [1.807, 2.05) is 13.8 Å². The Labute approximate surface area is 153 Å². The number of aliphatic hydroxyl groups excluding tert-OH is 1. The van der Waals surface area contributed by atoms with Gasteiger partial charge < -0.3 is 30.0 Å². The third-order valence-electron chi connectivity index (χ3n) is 4.99. The van der Waals surface area contributed by atoms with E-state index in [1.165, 1.54) is 0 Å². The summed E-state index contributed by atoms with van der Waals surface area (Å²) in [6, 6.07) is 5.81. The maximum Gasteiger partial charge on any atom is 0.319 e. The second kappa shape index (κ2) is 8.22. The van der Waals surface area contributed by atoms with Gasteiger partial charge in [0, 0.05) is 11.8 Å². The van der Waals surface area contributed by atoms with Gasteiger partial charge in [0.2, 0.25) is 0 Å². The molecule has 2 fully saturated rings. The van der Waals surface area contributed by atoms with Gasteiger partial charge in [-0.05, 0) is 25.2 Å². The molecular formula is C18H27N3O5. The van der Waals surface area contributed by atoms with Crippen molar-refractivity contribution in [2.75, 3.05) is 32.1 Å². The van der Waals surface area contributed by atoms with Gasteiger partial charge in [0.1, 0.15) is 11.9 Å². The van der Waals surface area contributed by atoms with Crippen LogP contribution in [0.1, 0.15) is 13.8 Å². The minimum absolute atomic E-state index is 0.314. The topological polar surface area (TPSA) is 92.3 Å². The van der Waals surface area contributed by atoms with Gasteiger partial charge in [0.25, 0.3) is 0 Å². The van der Waals surface area contributed by atoms with Crippen LogP contribution in [0.15, 0.2) is 24.3 Å². The lowest BCUT2D eigenvalue weighted by molar-refractivity contribution is -0.179. The lowest BCUT2D eigenvalue weighted by Crippen LogP contribution is -2.65. The summed E-state index contributed by atoms with van der Waals surface area (Å²) in [6.07, 6.45) is -1.61. The third kappa shape index (κ3) is 3.78. The Hall–Kier alpha value is -1.87. The van der Waals surface area contributed by atoms with Crippen molar-refractivity contribution in [3.63, 3.8) is 0 Å². The predicted molar refractivity (Wildman–Crippen MR) is 96.3 cm³/mol. The highest BCUT2D eigenvalue weighted by Gasteiger charge is 2.52. The molecule has 2 bridgehead atoms. The molecule has 0 saturated carbocycles. The number of hydrogen-bond acceptors (Lipinski definition) is 6. The van der Waals surface area contributed by atoms with Crippen LogP contribution in [0.5, 0.6) is 5.75 Å². The van der Waals surface area contributed by atoms with E-state index in [4.69, 9.17) is 14.2 Å². The fourth-order valence-corrected chi connectivity index (χ4v) is 3.63. The number of urea groups is 1. The smallest absolute Gasteiger partial charge is 0.319 e. The Morgan fingerprint density at radius 1 is 1.38 bits per heavy atom. The van der Waals surface area contributed by atoms with Crippen molar-refractivity contribution in [3.05, 3.63) is 24.3 Å². The monoisotopic (exact) mass is 365 g/mol. The molecule has 144 valence electrons. The molecule has 8 heteroatoms. The van der Waals surface area contributed by atoms with Crippen molar-refractivity contribution in [2.24, 2.45) is 0 Å². The fourth-order valence-electron chi connectivity index (χ4n) is 3.63. The maximum atomic E-state index is 12.4. The van der Waals surface area contributed by atoms with E-state index < -0.39 is 24.5 Å². The Morgan fingerprint density at radius 2 is 2.15 bits per heavy atom. The zero-order valence-corrected chi connectivity index (χ0v) is 15.3. The lowest BCUT2D eigenvalue weighted by atomic mass is 9.95. The first-order valence-corrected chi connectivity index (χ1v) is 8.98. The van der Waals surface area contributed by atoms with Gasteiger partial charge in [0.05, 0.1) is 31.9 Å². The molecule has 2 saturated heterocycles. The van der Waals surface area contributed by atoms with Crippen molar-refractivity contribution < 1.29 is 24.1 Å². The van der Waals surface area contributed by atoms with E-state index in [0.717, 1.165) is 13.1 Å². The molecule has 0 spiro atoms. The van der Waals surface area contributed by atoms with Crippen LogP contribution in [0, 0.1) is 0 Å². The second-order valence-corrected chi connectivity index (χ2v) is 6.43. The summed E-state index contributed by atoms with van der Waals surface area (Å²) in [6.45, 7) is 5.91. The average molecular weight is 365 g/mol. The van der Waals surface area contributed by atoms with Crippen LogP contribution in [0.3, 0.4) is 0 Å². The first kappa shape index (κ1) is 18.9. The van der Waals surface area contributed by atoms with Crippen molar-refractivity contribution >= 4 is 11.7 Å². The molecule has 2 aliphatic rings. The number of likely N-dealkylation sites (N-methyl/N-ethyl adjacent to an activating group) is 1. The van der Waals surface area contributed by atoms with Crippen LogP contribution in [-0.4, -0.2) is 73.4 Å². The Kier molecular flexibility index (Phi) is 5.98. The van der Waals surface area contributed by atoms with E-state index >= 15 is 0 Å². The van der Waals surface area contributed by atoms with Gasteiger partial charge in [-0.15, -0.1) is 0 Å². The molecular weight excluding hydrogens is 338 g/mol. The SMILES string of the molecule is CCN(CC)[C@H]1[C@@H]2OC[C@@H](O2)[C@@H](NC(=O)Nc2cccc(OC)c2)[C@@H]1O. The van der Waals surface area contributed by atoms with Crippen LogP contribution in [0.4, 0.5) is 10.5 Å². The Balaban J connectivity index is 1.68. The highest BCUT2D eigenvalue weighted by atomic mass is 16.7. The fraction of sp³-hybridized carbons (Fsp3) is 0.611. The van der Waals surface area contributed by atoms with Gasteiger partial charge in [-0.3, -0.25) is 4.90 Å². The molecule has 2 amide bonds. The standard InChI is InChI=1S/C18H27N3O5/c1-4-21(5-2)15-16(22)14(13-10-25-17(15)26-13)20-18(23)19-11-7-6-8-12(9-11)24-3/h6-9,13-17,22H,4-5,10H2,1-3H3,(H2,19,20,23)/t13-,14-,15-,16+,17-/m1/s1. The summed E-state index contributed by atoms with van der Waals surface area (Å²) < 4.78 is 16.7. The number of ether oxygens (including phenoxy) is 3. The normalized spacial score (nSPS) is 30.3. The molecule has 1 aromatic carbocycles. The summed E-state index contributed by atoms with van der Waals surface area (Å²) in [5, 5.41) is 16.5. The van der Waals surface area contributed by atoms with Crippen LogP contribution in [0.25, 0.3) is 0 Å². The van der Waals surface area contributed by atoms with Gasteiger partial charge in [-0.25, -0.2) is 4.79 Å². The Bertz CT molecular complexity index is 623. The highest BCUT2D eigenvalue weighted by molar-refractivity contribution is 5.89. The summed E-state index contributed by atoms with van der Waals surface area (Å²) in [5.74, 6) is 0.650. The minimum Gasteiger partial charge on any atom is -0.497 e. The number of amides is 2. The van der Waals surface area contributed by atoms with Gasteiger partial charge >= 0.3 is 6.03 Å². The van der Waals surface area contributed by atoms with Crippen LogP contribution in [0.2, 0.25) is 0 Å². The van der Waals surface area contributed by atoms with Gasteiger partial charge in [-0.2, -0.15) is 0 Å². The second-order valence-electron chi connectivity index (χ2n) is 6.43. The number of methoxy groups -OCH3 is 1. The number of nitrogens with zero attached hydrogens (tertiary/aromatic N) is 1. The number of fused-ring (bicyclic) bond motifs is 2. The molecule has 0 radical (unpaired) electrons. The van der Waals surface area contributed by atoms with Crippen LogP contribution >= 0.6 is 0 Å². The van der Waals surface area contributed by atoms with Crippen LogP contribution < -0.4 is 15.4 Å². The maximum absolute atomic E-state index is 12.4. The number of nitrogens with one attached hydrogen (secondary N) is 2. The quantitative estimate of drug-likeness (QED) is 0.697. The number of benzene rings is 1.